The number of nitrogens with zero attached hydrogens (tertiary/aromatic N) is 2. The van der Waals surface area contributed by atoms with Crippen LogP contribution >= 0.6 is 23.5 Å². The first-order valence-electron chi connectivity index (χ1n) is 10.7. The zero-order valence-electron chi connectivity index (χ0n) is 19.0. The van der Waals surface area contributed by atoms with Crippen LogP contribution in [0.5, 0.6) is 0 Å². The highest BCUT2D eigenvalue weighted by molar-refractivity contribution is 9.10. The maximum atomic E-state index is 12.2. The Morgan fingerprint density at radius 2 is 1.71 bits per heavy atom. The molecule has 0 bridgehead atoms. The fraction of sp³-hybridized carbons (Fsp3) is 0.261. The molecule has 0 atom stereocenters. The summed E-state index contributed by atoms with van der Waals surface area (Å²) >= 11 is 3.43. The average Bonchev–Trinajstić information content (AvgIpc) is 2.82. The summed E-state index contributed by atoms with van der Waals surface area (Å²) in [6, 6.07) is 14.0. The second-order valence-electron chi connectivity index (χ2n) is 7.62. The molecule has 2 aromatic carbocycles. The molecule has 0 fully saturated rings. The summed E-state index contributed by atoms with van der Waals surface area (Å²) < 4.78 is 12.8. The van der Waals surface area contributed by atoms with Crippen molar-refractivity contribution in [3.05, 3.63) is 70.3 Å². The Balaban J connectivity index is 1.85. The normalized spacial score (nSPS) is 11.7. The molecule has 0 unspecified atom stereocenters. The lowest BCUT2D eigenvalue weighted by Crippen LogP contribution is -2.24. The van der Waals surface area contributed by atoms with E-state index in [0.717, 1.165) is 0 Å². The van der Waals surface area contributed by atoms with Crippen molar-refractivity contribution >= 4 is 52.6 Å². The third-order valence-electron chi connectivity index (χ3n) is 5.80. The molecule has 1 aromatic heterocycles. The number of amides is 1. The average molecular weight is 548 g/mol. The molecule has 34 heavy (non-hydrogen) atoms. The number of anilines is 4. The third kappa shape index (κ3) is 5.31. The van der Waals surface area contributed by atoms with Crippen LogP contribution in [-0.4, -0.2) is 32.7 Å². The molecule has 0 spiro atoms. The number of aromatic nitrogens is 2. The second-order valence-corrected chi connectivity index (χ2v) is 10.4. The lowest BCUT2D eigenvalue weighted by molar-refractivity contribution is 0.0964. The van der Waals surface area contributed by atoms with Gasteiger partial charge < -0.3 is 25.7 Å². The van der Waals surface area contributed by atoms with E-state index in [0.29, 0.717) is 51.6 Å². The molecule has 1 heterocycles. The molecule has 0 saturated heterocycles. The molecule has 0 aliphatic heterocycles. The van der Waals surface area contributed by atoms with Crippen molar-refractivity contribution in [1.82, 2.24) is 15.3 Å². The van der Waals surface area contributed by atoms with E-state index < -0.39 is 12.8 Å². The molecule has 0 aliphatic carbocycles. The monoisotopic (exact) mass is 547 g/mol. The van der Waals surface area contributed by atoms with E-state index in [1.165, 1.54) is 0 Å². The molecular formula is C23H27BrN5O4P. The largest absolute Gasteiger partial charge is 0.355 e. The quantitative estimate of drug-likeness (QED) is 0.228. The van der Waals surface area contributed by atoms with Crippen LogP contribution in [0.15, 0.2) is 59.2 Å². The lowest BCUT2D eigenvalue weighted by atomic mass is 9.92. The van der Waals surface area contributed by atoms with Crippen molar-refractivity contribution in [2.45, 2.75) is 31.8 Å². The number of hydrogen-bond donors (Lipinski definition) is 5. The predicted molar refractivity (Wildman–Crippen MR) is 137 cm³/mol. The van der Waals surface area contributed by atoms with Crippen LogP contribution in [0.25, 0.3) is 0 Å². The van der Waals surface area contributed by atoms with Crippen molar-refractivity contribution in [2.24, 2.45) is 0 Å². The Bertz CT molecular complexity index is 1210. The number of para-hydroxylation sites is 1. The van der Waals surface area contributed by atoms with Gasteiger partial charge in [0.2, 0.25) is 5.95 Å². The summed E-state index contributed by atoms with van der Waals surface area (Å²) in [6.45, 7) is 3.56. The van der Waals surface area contributed by atoms with Gasteiger partial charge in [0.15, 0.2) is 0 Å². The smallest absolute Gasteiger partial charge is 0.335 e. The van der Waals surface area contributed by atoms with Crippen molar-refractivity contribution in [2.75, 3.05) is 17.7 Å². The molecule has 9 nitrogen and oxygen atoms in total. The molecule has 0 radical (unpaired) electrons. The maximum Gasteiger partial charge on any atom is 0.335 e. The molecule has 11 heteroatoms. The van der Waals surface area contributed by atoms with Crippen LogP contribution in [0.4, 0.5) is 23.1 Å². The van der Waals surface area contributed by atoms with E-state index in [1.54, 1.807) is 69.6 Å². The van der Waals surface area contributed by atoms with E-state index in [4.69, 9.17) is 0 Å². The van der Waals surface area contributed by atoms with E-state index in [2.05, 4.69) is 41.8 Å². The van der Waals surface area contributed by atoms with Gasteiger partial charge in [0.1, 0.15) is 5.82 Å². The molecule has 180 valence electrons. The van der Waals surface area contributed by atoms with Gasteiger partial charge in [-0.1, -0.05) is 38.1 Å². The molecule has 0 saturated carbocycles. The van der Waals surface area contributed by atoms with Crippen LogP contribution in [-0.2, 0) is 9.72 Å². The summed E-state index contributed by atoms with van der Waals surface area (Å²) in [4.78, 5) is 40.9. The third-order valence-corrected chi connectivity index (χ3v) is 8.39. The Morgan fingerprint density at radius 1 is 1.06 bits per heavy atom. The second kappa shape index (κ2) is 10.7. The number of halogens is 1. The van der Waals surface area contributed by atoms with Crippen LogP contribution in [0.2, 0.25) is 0 Å². The minimum Gasteiger partial charge on any atom is -0.355 e. The Morgan fingerprint density at radius 3 is 2.29 bits per heavy atom. The Hall–Kier alpha value is -2.78. The van der Waals surface area contributed by atoms with Crippen LogP contribution < -0.4 is 16.0 Å². The number of carbonyl (C=O) groups excluding carboxylic acids is 1. The number of nitrogens with one attached hydrogen (secondary N) is 3. The first-order chi connectivity index (χ1) is 16.1. The number of hydrogen-bond acceptors (Lipinski definition) is 6. The number of carbonyl (C=O) groups is 1. The van der Waals surface area contributed by atoms with Crippen molar-refractivity contribution in [1.29, 1.82) is 0 Å². The summed E-state index contributed by atoms with van der Waals surface area (Å²) in [5.74, 6) is 0.545. The van der Waals surface area contributed by atoms with Crippen LogP contribution in [0.3, 0.4) is 0 Å². The van der Waals surface area contributed by atoms with Gasteiger partial charge in [0.05, 0.1) is 20.9 Å². The zero-order valence-corrected chi connectivity index (χ0v) is 21.5. The summed E-state index contributed by atoms with van der Waals surface area (Å²) in [6.07, 6.45) is 2.23. The van der Waals surface area contributed by atoms with Gasteiger partial charge in [0.25, 0.3) is 5.91 Å². The van der Waals surface area contributed by atoms with Crippen molar-refractivity contribution < 1.29 is 19.1 Å². The molecule has 5 N–H and O–H groups in total. The fourth-order valence-corrected chi connectivity index (χ4v) is 5.40. The highest BCUT2D eigenvalue weighted by Crippen LogP contribution is 2.60. The molecule has 1 amide bonds. The fourth-order valence-electron chi connectivity index (χ4n) is 3.80. The number of rotatable bonds is 9. The summed E-state index contributed by atoms with van der Waals surface area (Å²) in [5, 5.41) is 7.66. The maximum absolute atomic E-state index is 12.2. The van der Waals surface area contributed by atoms with E-state index in [-0.39, 0.29) is 5.91 Å². The standard InChI is InChI=1S/C23H27BrN5O4P/c1-4-23(5-2,34(31,32)33)15-10-12-16(13-11-15)27-22-26-14-18(24)20(29-22)28-19-9-7-6-8-17(19)21(30)25-3/h6-14H,4-5H2,1-3H3,(H,25,30)(H2,31,32,33)(H2,26,27,28,29). The van der Waals surface area contributed by atoms with Gasteiger partial charge in [-0.25, -0.2) is 4.98 Å². The van der Waals surface area contributed by atoms with Gasteiger partial charge >= 0.3 is 7.60 Å². The van der Waals surface area contributed by atoms with Gasteiger partial charge in [-0.2, -0.15) is 4.98 Å². The predicted octanol–water partition coefficient (Wildman–Crippen LogP) is 5.28. The first-order valence-corrected chi connectivity index (χ1v) is 13.1. The Kier molecular flexibility index (Phi) is 8.09. The SMILES string of the molecule is CCC(CC)(c1ccc(Nc2ncc(Br)c(Nc3ccccc3C(=O)NC)n2)cc1)P(=O)(O)O. The minimum absolute atomic E-state index is 0.225. The number of benzene rings is 2. The van der Waals surface area contributed by atoms with Crippen molar-refractivity contribution in [3.8, 4) is 0 Å². The minimum atomic E-state index is -4.36. The van der Waals surface area contributed by atoms with Gasteiger partial charge in [0, 0.05) is 18.9 Å². The van der Waals surface area contributed by atoms with Gasteiger partial charge in [-0.15, -0.1) is 0 Å². The summed E-state index contributed by atoms with van der Waals surface area (Å²) in [7, 11) is -2.79. The van der Waals surface area contributed by atoms with Crippen molar-refractivity contribution in [3.63, 3.8) is 0 Å². The van der Waals surface area contributed by atoms with Gasteiger partial charge in [-0.05, 0) is 58.6 Å². The van der Waals surface area contributed by atoms with E-state index in [9.17, 15) is 19.1 Å². The zero-order chi connectivity index (χ0) is 24.9. The first kappa shape index (κ1) is 25.8. The lowest BCUT2D eigenvalue weighted by Gasteiger charge is -2.33. The molecular weight excluding hydrogens is 521 g/mol. The van der Waals surface area contributed by atoms with Gasteiger partial charge in [-0.3, -0.25) is 9.36 Å². The molecule has 3 rings (SSSR count). The molecule has 3 aromatic rings. The highest BCUT2D eigenvalue weighted by Gasteiger charge is 2.45. The molecule has 0 aliphatic rings. The highest BCUT2D eigenvalue weighted by atomic mass is 79.9. The van der Waals surface area contributed by atoms with Crippen LogP contribution in [0.1, 0.15) is 42.6 Å². The van der Waals surface area contributed by atoms with E-state index in [1.807, 2.05) is 6.07 Å². The van der Waals surface area contributed by atoms with E-state index >= 15 is 0 Å². The Labute approximate surface area is 206 Å². The topological polar surface area (TPSA) is 136 Å². The summed E-state index contributed by atoms with van der Waals surface area (Å²) in [5.41, 5.74) is 2.31. The van der Waals surface area contributed by atoms with Crippen LogP contribution in [0, 0.1) is 0 Å².